The van der Waals surface area contributed by atoms with E-state index < -0.39 is 0 Å². The van der Waals surface area contributed by atoms with E-state index in [1.54, 1.807) is 0 Å². The minimum Gasteiger partial charge on any atom is -0.324 e. The van der Waals surface area contributed by atoms with Gasteiger partial charge in [-0.2, -0.15) is 0 Å². The predicted octanol–water partition coefficient (Wildman–Crippen LogP) is 1.91. The Kier molecular flexibility index (Phi) is 4.21. The van der Waals surface area contributed by atoms with Crippen molar-refractivity contribution in [2.75, 3.05) is 45.1 Å². The highest BCUT2D eigenvalue weighted by Crippen LogP contribution is 2.33. The molecule has 2 aliphatic rings. The number of pyridine rings is 1. The lowest BCUT2D eigenvalue weighted by atomic mass is 10.1. The number of likely N-dealkylation sites (N-methyl/N-ethyl adjacent to an activating group) is 1. The third-order valence-corrected chi connectivity index (χ3v) is 5.15. The smallest absolute Gasteiger partial charge is 0.238 e. The summed E-state index contributed by atoms with van der Waals surface area (Å²) in [5.41, 5.74) is 4.37. The van der Waals surface area contributed by atoms with Gasteiger partial charge in [0.2, 0.25) is 5.91 Å². The lowest BCUT2D eigenvalue weighted by Crippen LogP contribution is -2.47. The molecule has 1 aromatic heterocycles. The van der Waals surface area contributed by atoms with Gasteiger partial charge in [0, 0.05) is 37.3 Å². The lowest BCUT2D eigenvalue weighted by molar-refractivity contribution is -0.117. The summed E-state index contributed by atoms with van der Waals surface area (Å²) in [4.78, 5) is 21.9. The average Bonchev–Trinajstić information content (AvgIpc) is 3.05. The number of rotatable bonds is 3. The Morgan fingerprint density at radius 2 is 1.96 bits per heavy atom. The number of aryl methyl sites for hydroxylation is 1. The van der Waals surface area contributed by atoms with Crippen LogP contribution in [0.1, 0.15) is 17.7 Å². The molecule has 2 aromatic rings. The van der Waals surface area contributed by atoms with Crippen molar-refractivity contribution in [1.29, 1.82) is 0 Å². The molecule has 5 heteroatoms. The second-order valence-corrected chi connectivity index (χ2v) is 6.91. The number of hydrogen-bond donors (Lipinski definition) is 1. The van der Waals surface area contributed by atoms with Gasteiger partial charge >= 0.3 is 0 Å². The Labute approximate surface area is 142 Å². The number of carbonyl (C=O) groups excluding carboxylic acids is 1. The predicted molar refractivity (Wildman–Crippen MR) is 96.3 cm³/mol. The Hall–Kier alpha value is -1.98. The topological polar surface area (TPSA) is 48.5 Å². The van der Waals surface area contributed by atoms with Crippen molar-refractivity contribution in [3.63, 3.8) is 0 Å². The molecule has 0 saturated carbocycles. The van der Waals surface area contributed by atoms with Crippen LogP contribution in [-0.4, -0.2) is 60.5 Å². The summed E-state index contributed by atoms with van der Waals surface area (Å²) >= 11 is 0. The van der Waals surface area contributed by atoms with Gasteiger partial charge in [-0.1, -0.05) is 18.2 Å². The fourth-order valence-electron chi connectivity index (χ4n) is 3.74. The molecule has 0 bridgehead atoms. The highest BCUT2D eigenvalue weighted by Gasteiger charge is 2.22. The normalized spacial score (nSPS) is 18.7. The molecule has 24 heavy (non-hydrogen) atoms. The van der Waals surface area contributed by atoms with Crippen LogP contribution in [0.5, 0.6) is 0 Å². The van der Waals surface area contributed by atoms with Crippen LogP contribution in [0.3, 0.4) is 0 Å². The Balaban J connectivity index is 1.57. The van der Waals surface area contributed by atoms with E-state index in [0.29, 0.717) is 6.54 Å². The van der Waals surface area contributed by atoms with E-state index in [2.05, 4.69) is 28.2 Å². The molecule has 126 valence electrons. The molecule has 0 spiro atoms. The van der Waals surface area contributed by atoms with Crippen molar-refractivity contribution in [3.05, 3.63) is 35.5 Å². The summed E-state index contributed by atoms with van der Waals surface area (Å²) in [6.45, 7) is 4.44. The number of piperazine rings is 1. The molecule has 1 aliphatic heterocycles. The minimum atomic E-state index is 0.0880. The summed E-state index contributed by atoms with van der Waals surface area (Å²) in [6.07, 6.45) is 3.15. The molecule has 1 aliphatic carbocycles. The van der Waals surface area contributed by atoms with Crippen LogP contribution in [-0.2, 0) is 17.6 Å². The van der Waals surface area contributed by atoms with E-state index >= 15 is 0 Å². The van der Waals surface area contributed by atoms with Crippen LogP contribution in [0, 0.1) is 0 Å². The van der Waals surface area contributed by atoms with E-state index in [9.17, 15) is 4.79 Å². The molecule has 5 nitrogen and oxygen atoms in total. The van der Waals surface area contributed by atoms with Crippen LogP contribution >= 0.6 is 0 Å². The third-order valence-electron chi connectivity index (χ3n) is 5.15. The van der Waals surface area contributed by atoms with Gasteiger partial charge in [0.25, 0.3) is 0 Å². The zero-order valence-electron chi connectivity index (χ0n) is 14.2. The number of amides is 1. The number of hydrogen-bond acceptors (Lipinski definition) is 4. The second kappa shape index (κ2) is 6.49. The number of carbonyl (C=O) groups is 1. The zero-order chi connectivity index (χ0) is 16.5. The summed E-state index contributed by atoms with van der Waals surface area (Å²) < 4.78 is 0. The average molecular weight is 324 g/mol. The highest BCUT2D eigenvalue weighted by atomic mass is 16.2. The van der Waals surface area contributed by atoms with E-state index in [0.717, 1.165) is 67.7 Å². The quantitative estimate of drug-likeness (QED) is 0.937. The van der Waals surface area contributed by atoms with Gasteiger partial charge in [0.15, 0.2) is 0 Å². The Morgan fingerprint density at radius 1 is 1.17 bits per heavy atom. The maximum absolute atomic E-state index is 12.6. The van der Waals surface area contributed by atoms with Gasteiger partial charge in [0.05, 0.1) is 17.7 Å². The van der Waals surface area contributed by atoms with Gasteiger partial charge in [0.1, 0.15) is 0 Å². The van der Waals surface area contributed by atoms with Crippen LogP contribution in [0.2, 0.25) is 0 Å². The van der Waals surface area contributed by atoms with Gasteiger partial charge in [-0.15, -0.1) is 0 Å². The molecule has 0 atom stereocenters. The fourth-order valence-corrected chi connectivity index (χ4v) is 3.74. The summed E-state index contributed by atoms with van der Waals surface area (Å²) in [7, 11) is 2.13. The highest BCUT2D eigenvalue weighted by molar-refractivity contribution is 6.03. The van der Waals surface area contributed by atoms with Crippen LogP contribution < -0.4 is 5.32 Å². The molecule has 0 radical (unpaired) electrons. The van der Waals surface area contributed by atoms with E-state index in [1.165, 1.54) is 5.56 Å². The first-order chi connectivity index (χ1) is 11.7. The van der Waals surface area contributed by atoms with Crippen LogP contribution in [0.25, 0.3) is 10.9 Å². The molecule has 1 saturated heterocycles. The standard InChI is InChI=1S/C19H24N4O/c1-22-9-11-23(12-10-22)13-18(24)21-19-14-5-2-3-7-16(14)20-17-8-4-6-15(17)19/h2-3,5,7H,4,6,8-13H2,1H3,(H,20,21,24). The first-order valence-corrected chi connectivity index (χ1v) is 8.82. The van der Waals surface area contributed by atoms with Crippen LogP contribution in [0.4, 0.5) is 5.69 Å². The summed E-state index contributed by atoms with van der Waals surface area (Å²) in [6, 6.07) is 8.12. The Morgan fingerprint density at radius 3 is 2.79 bits per heavy atom. The molecule has 2 heterocycles. The third kappa shape index (κ3) is 3.01. The number of para-hydroxylation sites is 1. The number of anilines is 1. The van der Waals surface area contributed by atoms with Crippen molar-refractivity contribution < 1.29 is 4.79 Å². The summed E-state index contributed by atoms with van der Waals surface area (Å²) in [5, 5.41) is 4.27. The van der Waals surface area contributed by atoms with Gasteiger partial charge in [-0.3, -0.25) is 14.7 Å². The summed E-state index contributed by atoms with van der Waals surface area (Å²) in [5.74, 6) is 0.0880. The number of nitrogens with one attached hydrogen (secondary N) is 1. The molecule has 1 fully saturated rings. The molecule has 0 unspecified atom stereocenters. The molecule has 4 rings (SSSR count). The van der Waals surface area contributed by atoms with Crippen molar-refractivity contribution in [2.45, 2.75) is 19.3 Å². The van der Waals surface area contributed by atoms with E-state index in [-0.39, 0.29) is 5.91 Å². The molecule has 1 amide bonds. The van der Waals surface area contributed by atoms with Gasteiger partial charge in [-0.05, 0) is 37.9 Å². The minimum absolute atomic E-state index is 0.0880. The number of nitrogens with zero attached hydrogens (tertiary/aromatic N) is 3. The molecule has 1 N–H and O–H groups in total. The largest absolute Gasteiger partial charge is 0.324 e. The molecule has 1 aromatic carbocycles. The van der Waals surface area contributed by atoms with Crippen molar-refractivity contribution in [3.8, 4) is 0 Å². The number of aromatic nitrogens is 1. The Bertz CT molecular complexity index is 765. The van der Waals surface area contributed by atoms with Crippen molar-refractivity contribution >= 4 is 22.5 Å². The zero-order valence-corrected chi connectivity index (χ0v) is 14.2. The maximum atomic E-state index is 12.6. The van der Waals surface area contributed by atoms with Crippen molar-refractivity contribution in [1.82, 2.24) is 14.8 Å². The van der Waals surface area contributed by atoms with E-state index in [1.807, 2.05) is 18.2 Å². The first-order valence-electron chi connectivity index (χ1n) is 8.82. The second-order valence-electron chi connectivity index (χ2n) is 6.91. The lowest BCUT2D eigenvalue weighted by Gasteiger charge is -2.31. The SMILES string of the molecule is CN1CCN(CC(=O)Nc2c3c(nc4ccccc24)CCC3)CC1. The molecular weight excluding hydrogens is 300 g/mol. The number of fused-ring (bicyclic) bond motifs is 2. The molecular formula is C19H24N4O. The monoisotopic (exact) mass is 324 g/mol. The van der Waals surface area contributed by atoms with Gasteiger partial charge in [-0.25, -0.2) is 0 Å². The van der Waals surface area contributed by atoms with Gasteiger partial charge < -0.3 is 10.2 Å². The fraction of sp³-hybridized carbons (Fsp3) is 0.474. The van der Waals surface area contributed by atoms with Crippen molar-refractivity contribution in [2.24, 2.45) is 0 Å². The van der Waals surface area contributed by atoms with E-state index in [4.69, 9.17) is 4.98 Å². The maximum Gasteiger partial charge on any atom is 0.238 e. The van der Waals surface area contributed by atoms with Crippen LogP contribution in [0.15, 0.2) is 24.3 Å². The first kappa shape index (κ1) is 15.5. The number of benzene rings is 1.